The number of nitrogens with one attached hydrogen (secondary N) is 2. The molecule has 0 aliphatic rings. The van der Waals surface area contributed by atoms with E-state index in [9.17, 15) is 9.59 Å². The van der Waals surface area contributed by atoms with Crippen LogP contribution >= 0.6 is 11.8 Å². The molecule has 0 saturated carbocycles. The van der Waals surface area contributed by atoms with Crippen molar-refractivity contribution in [3.63, 3.8) is 0 Å². The highest BCUT2D eigenvalue weighted by Crippen LogP contribution is 2.13. The molecule has 0 saturated heterocycles. The maximum atomic E-state index is 11.8. The summed E-state index contributed by atoms with van der Waals surface area (Å²) in [6.07, 6.45) is 6.47. The first-order valence-corrected chi connectivity index (χ1v) is 8.87. The highest BCUT2D eigenvalue weighted by Gasteiger charge is 2.07. The number of hydrazine groups is 1. The lowest BCUT2D eigenvalue weighted by Gasteiger charge is -2.08. The number of thioether (sulfide) groups is 1. The Morgan fingerprint density at radius 2 is 1.82 bits per heavy atom. The second kappa shape index (κ2) is 11.0. The predicted octanol–water partition coefficient (Wildman–Crippen LogP) is 2.77. The van der Waals surface area contributed by atoms with Crippen LogP contribution in [0.5, 0.6) is 5.75 Å². The van der Waals surface area contributed by atoms with Gasteiger partial charge in [0.1, 0.15) is 5.75 Å². The topological polar surface area (TPSA) is 67.4 Å². The SMILES string of the molecule is CCCCCCOc1ccc(C(=O)NNC(=O)CSC)cc1. The van der Waals surface area contributed by atoms with Gasteiger partial charge in [0, 0.05) is 5.56 Å². The highest BCUT2D eigenvalue weighted by atomic mass is 32.2. The van der Waals surface area contributed by atoms with Gasteiger partial charge in [-0.15, -0.1) is 0 Å². The van der Waals surface area contributed by atoms with Crippen LogP contribution in [0.4, 0.5) is 0 Å². The monoisotopic (exact) mass is 324 g/mol. The standard InChI is InChI=1S/C16H24N2O3S/c1-3-4-5-6-11-21-14-9-7-13(8-10-14)16(20)18-17-15(19)12-22-2/h7-10H,3-6,11-12H2,1-2H3,(H,17,19)(H,18,20). The second-order valence-corrected chi connectivity index (χ2v) is 5.73. The van der Waals surface area contributed by atoms with Gasteiger partial charge in [0.25, 0.3) is 5.91 Å². The number of hydrogen-bond acceptors (Lipinski definition) is 4. The van der Waals surface area contributed by atoms with E-state index in [0.717, 1.165) is 12.2 Å². The number of benzene rings is 1. The first kappa shape index (κ1) is 18.4. The minimum absolute atomic E-state index is 0.229. The fourth-order valence-corrected chi connectivity index (χ4v) is 2.12. The van der Waals surface area contributed by atoms with Gasteiger partial charge in [-0.25, -0.2) is 0 Å². The van der Waals surface area contributed by atoms with E-state index < -0.39 is 0 Å². The van der Waals surface area contributed by atoms with E-state index in [-0.39, 0.29) is 11.8 Å². The van der Waals surface area contributed by atoms with E-state index in [1.807, 2.05) is 6.26 Å². The quantitative estimate of drug-likeness (QED) is 0.541. The van der Waals surface area contributed by atoms with Crippen molar-refractivity contribution in [2.45, 2.75) is 32.6 Å². The third-order valence-corrected chi connectivity index (χ3v) is 3.52. The number of carbonyl (C=O) groups is 2. The van der Waals surface area contributed by atoms with Crippen molar-refractivity contribution < 1.29 is 14.3 Å². The van der Waals surface area contributed by atoms with E-state index in [0.29, 0.717) is 17.9 Å². The van der Waals surface area contributed by atoms with Crippen LogP contribution in [0.25, 0.3) is 0 Å². The van der Waals surface area contributed by atoms with Crippen molar-refractivity contribution in [1.82, 2.24) is 10.9 Å². The van der Waals surface area contributed by atoms with Crippen molar-refractivity contribution >= 4 is 23.6 Å². The Morgan fingerprint density at radius 3 is 2.45 bits per heavy atom. The molecule has 0 spiro atoms. The summed E-state index contributed by atoms with van der Waals surface area (Å²) in [6, 6.07) is 6.88. The van der Waals surface area contributed by atoms with Crippen LogP contribution in [0.1, 0.15) is 43.0 Å². The summed E-state index contributed by atoms with van der Waals surface area (Å²) in [5, 5.41) is 0. The molecular weight excluding hydrogens is 300 g/mol. The zero-order valence-corrected chi connectivity index (χ0v) is 14.0. The maximum absolute atomic E-state index is 11.8. The zero-order valence-electron chi connectivity index (χ0n) is 13.2. The van der Waals surface area contributed by atoms with E-state index in [1.165, 1.54) is 31.0 Å². The maximum Gasteiger partial charge on any atom is 0.269 e. The third-order valence-electron chi connectivity index (χ3n) is 2.97. The molecule has 0 aliphatic heterocycles. The molecule has 2 amide bonds. The molecule has 22 heavy (non-hydrogen) atoms. The average Bonchev–Trinajstić information content (AvgIpc) is 2.53. The lowest BCUT2D eigenvalue weighted by Crippen LogP contribution is -2.42. The van der Waals surface area contributed by atoms with Gasteiger partial charge >= 0.3 is 0 Å². The van der Waals surface area contributed by atoms with Crippen LogP contribution in [-0.2, 0) is 4.79 Å². The molecule has 1 aromatic carbocycles. The lowest BCUT2D eigenvalue weighted by molar-refractivity contribution is -0.119. The van der Waals surface area contributed by atoms with Crippen molar-refractivity contribution in [2.75, 3.05) is 18.6 Å². The van der Waals surface area contributed by atoms with Crippen LogP contribution in [0.2, 0.25) is 0 Å². The molecule has 1 aromatic rings. The van der Waals surface area contributed by atoms with Gasteiger partial charge in [-0.1, -0.05) is 26.2 Å². The summed E-state index contributed by atoms with van der Waals surface area (Å²) >= 11 is 1.39. The summed E-state index contributed by atoms with van der Waals surface area (Å²) in [6.45, 7) is 2.87. The lowest BCUT2D eigenvalue weighted by atomic mass is 10.2. The molecule has 1 rings (SSSR count). The van der Waals surface area contributed by atoms with Crippen molar-refractivity contribution in [2.24, 2.45) is 0 Å². The van der Waals surface area contributed by atoms with Gasteiger partial charge in [-0.2, -0.15) is 11.8 Å². The van der Waals surface area contributed by atoms with Crippen molar-refractivity contribution in [3.05, 3.63) is 29.8 Å². The molecule has 0 radical (unpaired) electrons. The number of rotatable bonds is 9. The number of ether oxygens (including phenoxy) is 1. The fraction of sp³-hybridized carbons (Fsp3) is 0.500. The van der Waals surface area contributed by atoms with Crippen LogP contribution in [-0.4, -0.2) is 30.4 Å². The molecule has 0 aromatic heterocycles. The number of carbonyl (C=O) groups excluding carboxylic acids is 2. The number of amides is 2. The highest BCUT2D eigenvalue weighted by molar-refractivity contribution is 7.99. The minimum Gasteiger partial charge on any atom is -0.494 e. The Bertz CT molecular complexity index is 463. The summed E-state index contributed by atoms with van der Waals surface area (Å²) in [5.74, 6) is 0.488. The second-order valence-electron chi connectivity index (χ2n) is 4.87. The molecule has 122 valence electrons. The van der Waals surface area contributed by atoms with Crippen molar-refractivity contribution in [1.29, 1.82) is 0 Å². The molecule has 5 nitrogen and oxygen atoms in total. The molecule has 0 heterocycles. The first-order valence-electron chi connectivity index (χ1n) is 7.48. The van der Waals surface area contributed by atoms with E-state index in [2.05, 4.69) is 17.8 Å². The Hall–Kier alpha value is -1.69. The Balaban J connectivity index is 2.34. The van der Waals surface area contributed by atoms with Gasteiger partial charge in [0.2, 0.25) is 5.91 Å². The molecule has 6 heteroatoms. The number of hydrogen-bond donors (Lipinski definition) is 2. The van der Waals surface area contributed by atoms with Crippen LogP contribution in [0, 0.1) is 0 Å². The van der Waals surface area contributed by atoms with E-state index >= 15 is 0 Å². The molecule has 2 N–H and O–H groups in total. The van der Waals surface area contributed by atoms with Gasteiger partial charge in [-0.05, 0) is 36.9 Å². The van der Waals surface area contributed by atoms with Gasteiger partial charge in [0.05, 0.1) is 12.4 Å². The van der Waals surface area contributed by atoms with Crippen LogP contribution in [0.15, 0.2) is 24.3 Å². The van der Waals surface area contributed by atoms with Gasteiger partial charge in [-0.3, -0.25) is 20.4 Å². The molecule has 0 fully saturated rings. The summed E-state index contributed by atoms with van der Waals surface area (Å²) in [7, 11) is 0. The smallest absolute Gasteiger partial charge is 0.269 e. The van der Waals surface area contributed by atoms with Crippen LogP contribution < -0.4 is 15.6 Å². The Kier molecular flexibility index (Phi) is 9.14. The molecule has 0 aliphatic carbocycles. The largest absolute Gasteiger partial charge is 0.494 e. The van der Waals surface area contributed by atoms with E-state index in [1.54, 1.807) is 24.3 Å². The van der Waals surface area contributed by atoms with Crippen molar-refractivity contribution in [3.8, 4) is 5.75 Å². The first-order chi connectivity index (χ1) is 10.7. The molecule has 0 atom stereocenters. The zero-order chi connectivity index (χ0) is 16.2. The van der Waals surface area contributed by atoms with Gasteiger partial charge < -0.3 is 4.74 Å². The Morgan fingerprint density at radius 1 is 1.09 bits per heavy atom. The summed E-state index contributed by atoms with van der Waals surface area (Å²) < 4.78 is 5.61. The minimum atomic E-state index is -0.344. The number of unbranched alkanes of at least 4 members (excludes halogenated alkanes) is 3. The molecular formula is C16H24N2O3S. The van der Waals surface area contributed by atoms with Crippen LogP contribution in [0.3, 0.4) is 0 Å². The predicted molar refractivity (Wildman–Crippen MR) is 90.1 cm³/mol. The third kappa shape index (κ3) is 7.36. The summed E-state index contributed by atoms with van der Waals surface area (Å²) in [5.41, 5.74) is 5.21. The normalized spacial score (nSPS) is 10.1. The Labute approximate surface area is 136 Å². The summed E-state index contributed by atoms with van der Waals surface area (Å²) in [4.78, 5) is 23.1. The fourth-order valence-electron chi connectivity index (χ4n) is 1.79. The van der Waals surface area contributed by atoms with E-state index in [4.69, 9.17) is 4.74 Å². The molecule has 0 bridgehead atoms. The molecule has 0 unspecified atom stereocenters. The van der Waals surface area contributed by atoms with Gasteiger partial charge in [0.15, 0.2) is 0 Å². The average molecular weight is 324 g/mol.